The predicted octanol–water partition coefficient (Wildman–Crippen LogP) is 3.09. The lowest BCUT2D eigenvalue weighted by molar-refractivity contribution is -0.123. The number of amides is 2. The summed E-state index contributed by atoms with van der Waals surface area (Å²) in [4.78, 5) is 29.2. The maximum Gasteiger partial charge on any atom is 0.253 e. The number of piperidine rings is 1. The molecule has 2 aromatic carbocycles. The Labute approximate surface area is 220 Å². The van der Waals surface area contributed by atoms with Crippen LogP contribution >= 0.6 is 11.6 Å². The third kappa shape index (κ3) is 5.22. The quantitative estimate of drug-likeness (QED) is 0.512. The second-order valence-corrected chi connectivity index (χ2v) is 11.8. The molecule has 2 fully saturated rings. The number of rotatable bonds is 6. The fraction of sp³-hybridized carbons (Fsp3) is 0.308. The van der Waals surface area contributed by atoms with Gasteiger partial charge in [0.2, 0.25) is 5.91 Å². The van der Waals surface area contributed by atoms with Gasteiger partial charge in [0.05, 0.1) is 21.8 Å². The molecule has 1 N–H and O–H groups in total. The van der Waals surface area contributed by atoms with Gasteiger partial charge in [-0.3, -0.25) is 14.5 Å². The molecule has 37 heavy (non-hydrogen) atoms. The third-order valence-corrected chi connectivity index (χ3v) is 9.35. The predicted molar refractivity (Wildman–Crippen MR) is 140 cm³/mol. The average molecular weight is 540 g/mol. The van der Waals surface area contributed by atoms with Gasteiger partial charge in [0.15, 0.2) is 15.7 Å². The molecule has 9 nitrogen and oxygen atoms in total. The van der Waals surface area contributed by atoms with Crippen LogP contribution in [0.1, 0.15) is 23.2 Å². The molecule has 0 atom stereocenters. The van der Waals surface area contributed by atoms with E-state index >= 15 is 0 Å². The highest BCUT2D eigenvalue weighted by atomic mass is 35.5. The van der Waals surface area contributed by atoms with E-state index in [9.17, 15) is 18.0 Å². The summed E-state index contributed by atoms with van der Waals surface area (Å²) in [5.74, 6) is -0.0428. The lowest BCUT2D eigenvalue weighted by atomic mass is 10.0. The minimum Gasteiger partial charge on any atom is -0.339 e. The van der Waals surface area contributed by atoms with Crippen molar-refractivity contribution in [3.63, 3.8) is 0 Å². The average Bonchev–Trinajstić information content (AvgIpc) is 2.89. The number of benzene rings is 2. The minimum absolute atomic E-state index is 0.118. The zero-order chi connectivity index (χ0) is 26.0. The van der Waals surface area contributed by atoms with Crippen LogP contribution in [0.15, 0.2) is 71.8 Å². The molecular weight excluding hydrogens is 514 g/mol. The summed E-state index contributed by atoms with van der Waals surface area (Å²) in [6, 6.07) is 16.4. The van der Waals surface area contributed by atoms with Crippen LogP contribution in [0.5, 0.6) is 0 Å². The standard InChI is InChI=1S/C26H26ClN5O4S/c27-20-5-3-18(4-6-20)25(33)31-14-11-23(12-15-31)37(35,36)22-9-7-21(8-10-22)32(24-2-1-13-29-30-24)26(34)19-16-28-17-19/h1-10,13,19,23,28H,11-12,14-17H2. The van der Waals surface area contributed by atoms with Crippen molar-refractivity contribution in [1.29, 1.82) is 0 Å². The Hall–Kier alpha value is -3.34. The van der Waals surface area contributed by atoms with Gasteiger partial charge in [-0.05, 0) is 73.5 Å². The summed E-state index contributed by atoms with van der Waals surface area (Å²) in [5, 5.41) is 11.0. The highest BCUT2D eigenvalue weighted by Gasteiger charge is 2.34. The van der Waals surface area contributed by atoms with Crippen molar-refractivity contribution in [3.8, 4) is 0 Å². The van der Waals surface area contributed by atoms with Crippen LogP contribution in [0, 0.1) is 5.92 Å². The van der Waals surface area contributed by atoms with Crippen molar-refractivity contribution in [2.24, 2.45) is 5.92 Å². The Morgan fingerprint density at radius 1 is 0.973 bits per heavy atom. The molecule has 0 aliphatic carbocycles. The minimum atomic E-state index is -3.62. The number of hydrogen-bond donors (Lipinski definition) is 1. The van der Waals surface area contributed by atoms with E-state index in [1.165, 1.54) is 23.2 Å². The molecular formula is C26H26ClN5O4S. The van der Waals surface area contributed by atoms with Gasteiger partial charge >= 0.3 is 0 Å². The van der Waals surface area contributed by atoms with E-state index in [4.69, 9.17) is 11.6 Å². The van der Waals surface area contributed by atoms with Gasteiger partial charge in [-0.15, -0.1) is 5.10 Å². The largest absolute Gasteiger partial charge is 0.339 e. The summed E-state index contributed by atoms with van der Waals surface area (Å²) < 4.78 is 26.8. The highest BCUT2D eigenvalue weighted by Crippen LogP contribution is 2.30. The van der Waals surface area contributed by atoms with Gasteiger partial charge in [0.1, 0.15) is 0 Å². The highest BCUT2D eigenvalue weighted by molar-refractivity contribution is 7.92. The van der Waals surface area contributed by atoms with Crippen LogP contribution in [-0.4, -0.2) is 66.8 Å². The van der Waals surface area contributed by atoms with Crippen molar-refractivity contribution in [2.75, 3.05) is 31.1 Å². The summed E-state index contributed by atoms with van der Waals surface area (Å²) in [7, 11) is -3.62. The first-order valence-electron chi connectivity index (χ1n) is 12.1. The zero-order valence-electron chi connectivity index (χ0n) is 20.0. The summed E-state index contributed by atoms with van der Waals surface area (Å²) in [6.07, 6.45) is 2.23. The van der Waals surface area contributed by atoms with Crippen LogP contribution in [0.2, 0.25) is 5.02 Å². The Kier molecular flexibility index (Phi) is 7.23. The Morgan fingerprint density at radius 3 is 2.22 bits per heavy atom. The summed E-state index contributed by atoms with van der Waals surface area (Å²) in [6.45, 7) is 1.88. The van der Waals surface area contributed by atoms with E-state index in [0.717, 1.165) is 0 Å². The van der Waals surface area contributed by atoms with E-state index < -0.39 is 15.1 Å². The first kappa shape index (κ1) is 25.3. The van der Waals surface area contributed by atoms with Crippen molar-refractivity contribution in [2.45, 2.75) is 23.0 Å². The lowest BCUT2D eigenvalue weighted by Crippen LogP contribution is -2.51. The molecule has 2 amide bonds. The van der Waals surface area contributed by atoms with Crippen molar-refractivity contribution >= 4 is 44.8 Å². The van der Waals surface area contributed by atoms with Crippen LogP contribution < -0.4 is 10.2 Å². The summed E-state index contributed by atoms with van der Waals surface area (Å²) >= 11 is 5.91. The van der Waals surface area contributed by atoms with Crippen LogP contribution in [0.4, 0.5) is 11.5 Å². The fourth-order valence-electron chi connectivity index (χ4n) is 4.55. The van der Waals surface area contributed by atoms with Crippen LogP contribution in [-0.2, 0) is 14.6 Å². The van der Waals surface area contributed by atoms with Gasteiger partial charge in [-0.2, -0.15) is 5.10 Å². The Bertz CT molecular complexity index is 1370. The first-order valence-corrected chi connectivity index (χ1v) is 14.0. The summed E-state index contributed by atoms with van der Waals surface area (Å²) in [5.41, 5.74) is 1.06. The molecule has 0 saturated carbocycles. The van der Waals surface area contributed by atoms with Crippen LogP contribution in [0.3, 0.4) is 0 Å². The molecule has 192 valence electrons. The molecule has 0 spiro atoms. The Morgan fingerprint density at radius 2 is 1.65 bits per heavy atom. The second-order valence-electron chi connectivity index (χ2n) is 9.15. The number of aromatic nitrogens is 2. The van der Waals surface area contributed by atoms with Gasteiger partial charge in [0.25, 0.3) is 5.91 Å². The van der Waals surface area contributed by atoms with E-state index in [1.54, 1.807) is 53.4 Å². The molecule has 3 heterocycles. The zero-order valence-corrected chi connectivity index (χ0v) is 21.5. The number of carbonyl (C=O) groups excluding carboxylic acids is 2. The lowest BCUT2D eigenvalue weighted by Gasteiger charge is -2.32. The molecule has 2 aliphatic rings. The van der Waals surface area contributed by atoms with E-state index in [1.807, 2.05) is 0 Å². The topological polar surface area (TPSA) is 113 Å². The number of sulfone groups is 1. The van der Waals surface area contributed by atoms with Crippen molar-refractivity contribution in [1.82, 2.24) is 20.4 Å². The van der Waals surface area contributed by atoms with E-state index in [0.29, 0.717) is 61.1 Å². The number of nitrogens with zero attached hydrogens (tertiary/aromatic N) is 4. The van der Waals surface area contributed by atoms with Gasteiger partial charge in [0, 0.05) is 43.0 Å². The number of likely N-dealkylation sites (tertiary alicyclic amines) is 1. The smallest absolute Gasteiger partial charge is 0.253 e. The molecule has 1 aromatic heterocycles. The number of anilines is 2. The van der Waals surface area contributed by atoms with Gasteiger partial charge < -0.3 is 10.2 Å². The number of nitrogens with one attached hydrogen (secondary N) is 1. The molecule has 5 rings (SSSR count). The monoisotopic (exact) mass is 539 g/mol. The van der Waals surface area contributed by atoms with Gasteiger partial charge in [-0.1, -0.05) is 11.6 Å². The maximum atomic E-state index is 13.4. The number of halogens is 1. The van der Waals surface area contributed by atoms with Crippen LogP contribution in [0.25, 0.3) is 0 Å². The van der Waals surface area contributed by atoms with Crippen molar-refractivity contribution < 1.29 is 18.0 Å². The molecule has 0 radical (unpaired) electrons. The second kappa shape index (κ2) is 10.6. The molecule has 3 aromatic rings. The molecule has 11 heteroatoms. The number of hydrogen-bond acceptors (Lipinski definition) is 7. The normalized spacial score (nSPS) is 16.7. The first-order chi connectivity index (χ1) is 17.8. The molecule has 0 bridgehead atoms. The number of carbonyl (C=O) groups is 2. The molecule has 2 aliphatic heterocycles. The SMILES string of the molecule is O=C(c1ccc(Cl)cc1)N1CCC(S(=O)(=O)c2ccc(N(C(=O)C3CNC3)c3cccnn3)cc2)CC1. The maximum absolute atomic E-state index is 13.4. The van der Waals surface area contributed by atoms with Gasteiger partial charge in [-0.25, -0.2) is 8.42 Å². The third-order valence-electron chi connectivity index (χ3n) is 6.82. The molecule has 0 unspecified atom stereocenters. The van der Waals surface area contributed by atoms with E-state index in [-0.39, 0.29) is 22.6 Å². The fourth-order valence-corrected chi connectivity index (χ4v) is 6.41. The Balaban J connectivity index is 1.30. The van der Waals surface area contributed by atoms with E-state index in [2.05, 4.69) is 15.5 Å². The molecule has 2 saturated heterocycles. The van der Waals surface area contributed by atoms with Crippen molar-refractivity contribution in [3.05, 3.63) is 77.4 Å².